The van der Waals surface area contributed by atoms with Crippen LogP contribution in [0.15, 0.2) is 18.2 Å². The second-order valence-electron chi connectivity index (χ2n) is 7.25. The van der Waals surface area contributed by atoms with Gasteiger partial charge in [-0.1, -0.05) is 6.07 Å². The topological polar surface area (TPSA) is 67.6 Å². The molecule has 5 nitrogen and oxygen atoms in total. The van der Waals surface area contributed by atoms with Gasteiger partial charge in [0.05, 0.1) is 5.92 Å². The molecule has 0 radical (unpaired) electrons. The van der Waals surface area contributed by atoms with E-state index in [4.69, 9.17) is 10.5 Å². The molecular formula is C19H27F2N3O2. The molecular weight excluding hydrogens is 340 g/mol. The van der Waals surface area contributed by atoms with E-state index in [1.54, 1.807) is 0 Å². The van der Waals surface area contributed by atoms with Crippen molar-refractivity contribution in [2.24, 2.45) is 11.7 Å². The van der Waals surface area contributed by atoms with Gasteiger partial charge in [0.1, 0.15) is 11.6 Å². The van der Waals surface area contributed by atoms with Gasteiger partial charge in [0, 0.05) is 50.5 Å². The van der Waals surface area contributed by atoms with E-state index < -0.39 is 11.6 Å². The van der Waals surface area contributed by atoms with Gasteiger partial charge in [0.2, 0.25) is 5.91 Å². The second-order valence-corrected chi connectivity index (χ2v) is 7.25. The molecule has 0 spiro atoms. The molecule has 2 aliphatic heterocycles. The first-order chi connectivity index (χ1) is 12.5. The fourth-order valence-corrected chi connectivity index (χ4v) is 3.84. The third-order valence-electron chi connectivity index (χ3n) is 5.39. The average Bonchev–Trinajstić information content (AvgIpc) is 2.84. The predicted molar refractivity (Wildman–Crippen MR) is 94.3 cm³/mol. The molecule has 0 aliphatic carbocycles. The third kappa shape index (κ3) is 4.78. The summed E-state index contributed by atoms with van der Waals surface area (Å²) in [5, 5.41) is 2.71. The average molecular weight is 367 g/mol. The summed E-state index contributed by atoms with van der Waals surface area (Å²) in [6.45, 7) is 2.73. The van der Waals surface area contributed by atoms with Crippen molar-refractivity contribution in [1.82, 2.24) is 10.2 Å². The number of nitrogens with one attached hydrogen (secondary N) is 1. The van der Waals surface area contributed by atoms with Crippen molar-refractivity contribution in [2.45, 2.75) is 44.3 Å². The highest BCUT2D eigenvalue weighted by Crippen LogP contribution is 2.23. The molecule has 2 fully saturated rings. The lowest BCUT2D eigenvalue weighted by atomic mass is 10.00. The first kappa shape index (κ1) is 19.2. The summed E-state index contributed by atoms with van der Waals surface area (Å²) in [4.78, 5) is 14.9. The van der Waals surface area contributed by atoms with E-state index in [-0.39, 0.29) is 30.0 Å². The van der Waals surface area contributed by atoms with E-state index in [1.165, 1.54) is 18.2 Å². The summed E-state index contributed by atoms with van der Waals surface area (Å²) in [5.74, 6) is -1.67. The maximum Gasteiger partial charge on any atom is 0.224 e. The maximum absolute atomic E-state index is 13.7. The molecule has 2 atom stereocenters. The van der Waals surface area contributed by atoms with E-state index in [9.17, 15) is 13.6 Å². The van der Waals surface area contributed by atoms with Gasteiger partial charge in [0.15, 0.2) is 0 Å². The molecule has 144 valence electrons. The highest BCUT2D eigenvalue weighted by atomic mass is 19.1. The molecule has 0 unspecified atom stereocenters. The summed E-state index contributed by atoms with van der Waals surface area (Å²) in [6, 6.07) is 4.13. The number of carbonyl (C=O) groups is 1. The van der Waals surface area contributed by atoms with Crippen LogP contribution in [0.3, 0.4) is 0 Å². The Balaban J connectivity index is 1.61. The minimum atomic E-state index is -0.642. The number of ether oxygens (including phenoxy) is 1. The Labute approximate surface area is 152 Å². The first-order valence-corrected chi connectivity index (χ1v) is 9.32. The number of benzene rings is 1. The van der Waals surface area contributed by atoms with Crippen molar-refractivity contribution >= 4 is 5.91 Å². The zero-order valence-corrected chi connectivity index (χ0v) is 14.9. The second kappa shape index (κ2) is 8.88. The molecule has 1 aromatic rings. The lowest BCUT2D eigenvalue weighted by Gasteiger charge is -2.35. The van der Waals surface area contributed by atoms with Gasteiger partial charge in [-0.3, -0.25) is 9.69 Å². The molecule has 1 aromatic carbocycles. The lowest BCUT2D eigenvalue weighted by molar-refractivity contribution is -0.126. The van der Waals surface area contributed by atoms with Crippen LogP contribution in [0.5, 0.6) is 0 Å². The molecule has 0 aromatic heterocycles. The summed E-state index contributed by atoms with van der Waals surface area (Å²) in [6.07, 6.45) is 3.35. The van der Waals surface area contributed by atoms with Crippen molar-refractivity contribution in [3.8, 4) is 0 Å². The Morgan fingerprint density at radius 1 is 1.15 bits per heavy atom. The molecule has 3 rings (SSSR count). The van der Waals surface area contributed by atoms with Crippen molar-refractivity contribution < 1.29 is 18.3 Å². The lowest BCUT2D eigenvalue weighted by Crippen LogP contribution is -2.47. The molecule has 2 aliphatic rings. The van der Waals surface area contributed by atoms with Crippen LogP contribution in [0, 0.1) is 17.6 Å². The van der Waals surface area contributed by atoms with Crippen LogP contribution in [0.1, 0.15) is 31.2 Å². The number of nitrogens with two attached hydrogens (primary N) is 1. The Morgan fingerprint density at radius 2 is 1.85 bits per heavy atom. The number of rotatable bonds is 4. The van der Waals surface area contributed by atoms with E-state index in [0.29, 0.717) is 19.0 Å². The Bertz CT molecular complexity index is 603. The Kier molecular flexibility index (Phi) is 6.56. The zero-order valence-electron chi connectivity index (χ0n) is 14.9. The number of nitrogens with zero attached hydrogens (tertiary/aromatic N) is 1. The summed E-state index contributed by atoms with van der Waals surface area (Å²) in [7, 11) is 0. The van der Waals surface area contributed by atoms with Gasteiger partial charge in [-0.25, -0.2) is 8.78 Å². The van der Waals surface area contributed by atoms with E-state index in [2.05, 4.69) is 10.2 Å². The molecule has 1 amide bonds. The highest BCUT2D eigenvalue weighted by molar-refractivity contribution is 5.78. The number of hydrogen-bond donors (Lipinski definition) is 2. The number of amides is 1. The first-order valence-electron chi connectivity index (χ1n) is 9.32. The standard InChI is InChI=1S/C19H27F2N3O2/c20-17-2-1-3-18(21)16(17)10-23-19(25)13-4-5-14(22)12-24(11-13)15-6-8-26-9-7-15/h1-3,13-15H,4-12,22H2,(H,23,25)/t13-,14+/m1/s1. The smallest absolute Gasteiger partial charge is 0.224 e. The number of halogens is 2. The monoisotopic (exact) mass is 367 g/mol. The van der Waals surface area contributed by atoms with Crippen molar-refractivity contribution in [3.63, 3.8) is 0 Å². The summed E-state index contributed by atoms with van der Waals surface area (Å²) in [5.41, 5.74) is 6.09. The third-order valence-corrected chi connectivity index (χ3v) is 5.39. The van der Waals surface area contributed by atoms with E-state index in [0.717, 1.165) is 39.0 Å². The Hall–Kier alpha value is -1.57. The molecule has 0 bridgehead atoms. The predicted octanol–water partition coefficient (Wildman–Crippen LogP) is 1.80. The SMILES string of the molecule is N[C@H]1CC[C@@H](C(=O)NCc2c(F)cccc2F)CN(C2CCOCC2)C1. The fourth-order valence-electron chi connectivity index (χ4n) is 3.84. The van der Waals surface area contributed by atoms with Gasteiger partial charge in [0.25, 0.3) is 0 Å². The maximum atomic E-state index is 13.7. The van der Waals surface area contributed by atoms with Crippen molar-refractivity contribution in [2.75, 3.05) is 26.3 Å². The fraction of sp³-hybridized carbons (Fsp3) is 0.632. The molecule has 3 N–H and O–H groups in total. The van der Waals surface area contributed by atoms with Crippen LogP contribution in [0.25, 0.3) is 0 Å². The van der Waals surface area contributed by atoms with Crippen LogP contribution >= 0.6 is 0 Å². The molecule has 2 saturated heterocycles. The van der Waals surface area contributed by atoms with Crippen LogP contribution < -0.4 is 11.1 Å². The van der Waals surface area contributed by atoms with E-state index in [1.807, 2.05) is 0 Å². The number of likely N-dealkylation sites (tertiary alicyclic amines) is 1. The van der Waals surface area contributed by atoms with Gasteiger partial charge in [-0.15, -0.1) is 0 Å². The summed E-state index contributed by atoms with van der Waals surface area (Å²) >= 11 is 0. The van der Waals surface area contributed by atoms with Gasteiger partial charge < -0.3 is 15.8 Å². The van der Waals surface area contributed by atoms with Gasteiger partial charge in [-0.2, -0.15) is 0 Å². The summed E-state index contributed by atoms with van der Waals surface area (Å²) < 4.78 is 32.9. The van der Waals surface area contributed by atoms with E-state index >= 15 is 0 Å². The number of hydrogen-bond acceptors (Lipinski definition) is 4. The van der Waals surface area contributed by atoms with Gasteiger partial charge in [-0.05, 0) is 37.8 Å². The quantitative estimate of drug-likeness (QED) is 0.852. The minimum absolute atomic E-state index is 0.0413. The largest absolute Gasteiger partial charge is 0.381 e. The van der Waals surface area contributed by atoms with Crippen molar-refractivity contribution in [1.29, 1.82) is 0 Å². The van der Waals surface area contributed by atoms with Crippen LogP contribution in [0.4, 0.5) is 8.78 Å². The van der Waals surface area contributed by atoms with Crippen LogP contribution in [-0.2, 0) is 16.1 Å². The normalized spacial score (nSPS) is 25.7. The minimum Gasteiger partial charge on any atom is -0.381 e. The van der Waals surface area contributed by atoms with Gasteiger partial charge >= 0.3 is 0 Å². The highest BCUT2D eigenvalue weighted by Gasteiger charge is 2.31. The number of carbonyl (C=O) groups excluding carboxylic acids is 1. The zero-order chi connectivity index (χ0) is 18.5. The Morgan fingerprint density at radius 3 is 2.54 bits per heavy atom. The molecule has 26 heavy (non-hydrogen) atoms. The molecule has 2 heterocycles. The molecule has 7 heteroatoms. The van der Waals surface area contributed by atoms with Crippen LogP contribution in [-0.4, -0.2) is 49.2 Å². The van der Waals surface area contributed by atoms with Crippen LogP contribution in [0.2, 0.25) is 0 Å². The van der Waals surface area contributed by atoms with Crippen molar-refractivity contribution in [3.05, 3.63) is 35.4 Å². The molecule has 0 saturated carbocycles.